The van der Waals surface area contributed by atoms with Crippen molar-refractivity contribution in [3.8, 4) is 22.9 Å². The number of halogens is 1. The molecule has 10 heteroatoms. The highest BCUT2D eigenvalue weighted by Gasteiger charge is 2.14. The van der Waals surface area contributed by atoms with Crippen molar-refractivity contribution in [1.82, 2.24) is 24.6 Å². The van der Waals surface area contributed by atoms with Crippen LogP contribution in [0.1, 0.15) is 5.56 Å². The molecule has 0 amide bonds. The molecule has 2 heterocycles. The van der Waals surface area contributed by atoms with E-state index in [2.05, 4.69) is 25.4 Å². The largest absolute Gasteiger partial charge is 0.497 e. The number of benzene rings is 2. The first-order valence-electron chi connectivity index (χ1n) is 8.68. The number of anilines is 2. The van der Waals surface area contributed by atoms with Gasteiger partial charge in [0.15, 0.2) is 5.82 Å². The molecule has 3 N–H and O–H groups in total. The van der Waals surface area contributed by atoms with E-state index in [1.165, 1.54) is 16.6 Å². The molecule has 0 atom stereocenters. The first kappa shape index (κ1) is 18.4. The van der Waals surface area contributed by atoms with Crippen LogP contribution in [-0.4, -0.2) is 38.8 Å². The number of methoxy groups -OCH3 is 2. The molecule has 4 aromatic rings. The number of fused-ring (bicyclic) bond motifs is 1. The lowest BCUT2D eigenvalue weighted by Crippen LogP contribution is -2.09. The third kappa shape index (κ3) is 3.86. The molecule has 148 valence electrons. The SMILES string of the molecule is COc1cc(OC)cc(-c2nc3nc(NCc4ccc(F)cc4)nc(N)n3n2)c1. The zero-order chi connectivity index (χ0) is 20.4. The Bertz CT molecular complexity index is 1140. The summed E-state index contributed by atoms with van der Waals surface area (Å²) in [5.41, 5.74) is 7.58. The molecular formula is C19H18FN7O2. The Morgan fingerprint density at radius 3 is 2.34 bits per heavy atom. The topological polar surface area (TPSA) is 112 Å². The Balaban J connectivity index is 1.64. The smallest absolute Gasteiger partial charge is 0.259 e. The quantitative estimate of drug-likeness (QED) is 0.512. The van der Waals surface area contributed by atoms with E-state index in [4.69, 9.17) is 15.2 Å². The van der Waals surface area contributed by atoms with E-state index in [1.54, 1.807) is 44.6 Å². The van der Waals surface area contributed by atoms with Gasteiger partial charge in [0.25, 0.3) is 5.78 Å². The van der Waals surface area contributed by atoms with Crippen molar-refractivity contribution in [2.24, 2.45) is 0 Å². The molecule has 4 rings (SSSR count). The molecule has 0 saturated carbocycles. The third-order valence-electron chi connectivity index (χ3n) is 4.21. The zero-order valence-corrected chi connectivity index (χ0v) is 15.8. The van der Waals surface area contributed by atoms with Crippen molar-refractivity contribution in [1.29, 1.82) is 0 Å². The molecule has 0 bridgehead atoms. The van der Waals surface area contributed by atoms with Gasteiger partial charge in [0, 0.05) is 18.2 Å². The van der Waals surface area contributed by atoms with E-state index in [9.17, 15) is 4.39 Å². The summed E-state index contributed by atoms with van der Waals surface area (Å²) in [6.45, 7) is 0.407. The molecule has 2 aromatic carbocycles. The predicted molar refractivity (Wildman–Crippen MR) is 105 cm³/mol. The Morgan fingerprint density at radius 2 is 1.69 bits per heavy atom. The minimum absolute atomic E-state index is 0.130. The number of hydrogen-bond donors (Lipinski definition) is 2. The highest BCUT2D eigenvalue weighted by Crippen LogP contribution is 2.28. The van der Waals surface area contributed by atoms with E-state index in [1.807, 2.05) is 0 Å². The number of nitrogen functional groups attached to an aromatic ring is 1. The lowest BCUT2D eigenvalue weighted by atomic mass is 10.2. The van der Waals surface area contributed by atoms with Crippen molar-refractivity contribution < 1.29 is 13.9 Å². The van der Waals surface area contributed by atoms with E-state index in [0.717, 1.165) is 5.56 Å². The standard InChI is InChI=1S/C19H18FN7O2/c1-28-14-7-12(8-15(9-14)29-2)16-23-19-25-18(24-17(21)27(19)26-16)22-10-11-3-5-13(20)6-4-11/h3-9H,10H2,1-2H3,(H3,21,22,23,24,25,26). The van der Waals surface area contributed by atoms with Gasteiger partial charge in [0.2, 0.25) is 11.9 Å². The molecule has 0 aliphatic rings. The summed E-state index contributed by atoms with van der Waals surface area (Å²) in [4.78, 5) is 13.0. The summed E-state index contributed by atoms with van der Waals surface area (Å²) >= 11 is 0. The maximum atomic E-state index is 13.0. The molecule has 2 aromatic heterocycles. The molecule has 0 saturated heterocycles. The Labute approximate surface area is 165 Å². The summed E-state index contributed by atoms with van der Waals surface area (Å²) in [7, 11) is 3.14. The lowest BCUT2D eigenvalue weighted by molar-refractivity contribution is 0.394. The van der Waals surface area contributed by atoms with Crippen molar-refractivity contribution in [3.05, 3.63) is 53.8 Å². The number of rotatable bonds is 6. The molecule has 0 aliphatic heterocycles. The molecule has 0 aliphatic carbocycles. The number of aromatic nitrogens is 5. The van der Waals surface area contributed by atoms with Crippen molar-refractivity contribution >= 4 is 17.7 Å². The monoisotopic (exact) mass is 395 g/mol. The second-order valence-electron chi connectivity index (χ2n) is 6.13. The average molecular weight is 395 g/mol. The number of ether oxygens (including phenoxy) is 2. The van der Waals surface area contributed by atoms with Gasteiger partial charge >= 0.3 is 0 Å². The van der Waals surface area contributed by atoms with Gasteiger partial charge in [-0.15, -0.1) is 5.10 Å². The Kier molecular flexibility index (Phi) is 4.82. The zero-order valence-electron chi connectivity index (χ0n) is 15.8. The number of nitrogens with zero attached hydrogens (tertiary/aromatic N) is 5. The van der Waals surface area contributed by atoms with Crippen LogP contribution in [0.3, 0.4) is 0 Å². The molecule has 0 fully saturated rings. The first-order valence-corrected chi connectivity index (χ1v) is 8.68. The summed E-state index contributed by atoms with van der Waals surface area (Å²) in [6.07, 6.45) is 0. The molecule has 29 heavy (non-hydrogen) atoms. The summed E-state index contributed by atoms with van der Waals surface area (Å²) in [5.74, 6) is 2.04. The molecule has 9 nitrogen and oxygen atoms in total. The second-order valence-corrected chi connectivity index (χ2v) is 6.13. The molecule has 0 unspecified atom stereocenters. The molecule has 0 radical (unpaired) electrons. The maximum absolute atomic E-state index is 13.0. The number of nitrogens with two attached hydrogens (primary N) is 1. The van der Waals surface area contributed by atoms with E-state index >= 15 is 0 Å². The van der Waals surface area contributed by atoms with Crippen LogP contribution in [0.25, 0.3) is 17.2 Å². The van der Waals surface area contributed by atoms with Crippen LogP contribution in [0.5, 0.6) is 11.5 Å². The fourth-order valence-corrected chi connectivity index (χ4v) is 2.73. The normalized spacial score (nSPS) is 10.9. The average Bonchev–Trinajstić information content (AvgIpc) is 3.18. The van der Waals surface area contributed by atoms with Gasteiger partial charge in [-0.05, 0) is 29.8 Å². The van der Waals surface area contributed by atoms with Crippen LogP contribution >= 0.6 is 0 Å². The number of hydrogen-bond acceptors (Lipinski definition) is 8. The highest BCUT2D eigenvalue weighted by molar-refractivity contribution is 5.63. The van der Waals surface area contributed by atoms with Gasteiger partial charge in [-0.3, -0.25) is 0 Å². The summed E-state index contributed by atoms with van der Waals surface area (Å²) in [5, 5.41) is 7.43. The van der Waals surface area contributed by atoms with Crippen LogP contribution in [0, 0.1) is 5.82 Å². The fraction of sp³-hybridized carbons (Fsp3) is 0.158. The van der Waals surface area contributed by atoms with Gasteiger partial charge in [-0.1, -0.05) is 12.1 Å². The molecule has 0 spiro atoms. The summed E-state index contributed by atoms with van der Waals surface area (Å²) < 4.78 is 24.9. The maximum Gasteiger partial charge on any atom is 0.259 e. The van der Waals surface area contributed by atoms with Gasteiger partial charge in [-0.2, -0.15) is 19.5 Å². The van der Waals surface area contributed by atoms with Gasteiger partial charge < -0.3 is 20.5 Å². The second kappa shape index (κ2) is 7.58. The van der Waals surface area contributed by atoms with Crippen LogP contribution in [-0.2, 0) is 6.54 Å². The number of nitrogens with one attached hydrogen (secondary N) is 1. The lowest BCUT2D eigenvalue weighted by Gasteiger charge is -2.06. The van der Waals surface area contributed by atoms with Crippen molar-refractivity contribution in [3.63, 3.8) is 0 Å². The Morgan fingerprint density at radius 1 is 1.00 bits per heavy atom. The Hall–Kier alpha value is -3.95. The molecular weight excluding hydrogens is 377 g/mol. The van der Waals surface area contributed by atoms with Gasteiger partial charge in [-0.25, -0.2) is 4.39 Å². The van der Waals surface area contributed by atoms with Crippen LogP contribution < -0.4 is 20.5 Å². The van der Waals surface area contributed by atoms with Crippen LogP contribution in [0.2, 0.25) is 0 Å². The highest BCUT2D eigenvalue weighted by atomic mass is 19.1. The van der Waals surface area contributed by atoms with Gasteiger partial charge in [0.1, 0.15) is 17.3 Å². The van der Waals surface area contributed by atoms with E-state index in [0.29, 0.717) is 35.4 Å². The van der Waals surface area contributed by atoms with E-state index in [-0.39, 0.29) is 17.5 Å². The predicted octanol–water partition coefficient (Wildman–Crippen LogP) is 2.54. The fourth-order valence-electron chi connectivity index (χ4n) is 2.73. The van der Waals surface area contributed by atoms with Crippen molar-refractivity contribution in [2.45, 2.75) is 6.54 Å². The third-order valence-corrected chi connectivity index (χ3v) is 4.21. The van der Waals surface area contributed by atoms with Crippen LogP contribution in [0.4, 0.5) is 16.3 Å². The van der Waals surface area contributed by atoms with Crippen LogP contribution in [0.15, 0.2) is 42.5 Å². The first-order chi connectivity index (χ1) is 14.1. The minimum atomic E-state index is -0.291. The van der Waals surface area contributed by atoms with Gasteiger partial charge in [0.05, 0.1) is 14.2 Å². The van der Waals surface area contributed by atoms with E-state index < -0.39 is 0 Å². The van der Waals surface area contributed by atoms with Crippen molar-refractivity contribution in [2.75, 3.05) is 25.3 Å². The minimum Gasteiger partial charge on any atom is -0.497 e. The summed E-state index contributed by atoms with van der Waals surface area (Å²) in [6, 6.07) is 11.5.